The third-order valence-corrected chi connectivity index (χ3v) is 5.43. The van der Waals surface area contributed by atoms with Crippen LogP contribution in [-0.4, -0.2) is 43.6 Å². The van der Waals surface area contributed by atoms with Crippen LogP contribution in [0.25, 0.3) is 0 Å². The number of carboxylic acid groups (broad SMARTS) is 1. The van der Waals surface area contributed by atoms with Crippen LogP contribution in [0.15, 0.2) is 24.3 Å². The summed E-state index contributed by atoms with van der Waals surface area (Å²) in [5.41, 5.74) is 7.06. The Hall–Kier alpha value is -1.76. The maximum Gasteiger partial charge on any atom is 0.305 e. The van der Waals surface area contributed by atoms with Crippen LogP contribution in [0.5, 0.6) is 0 Å². The number of benzene rings is 1. The Morgan fingerprint density at radius 3 is 2.43 bits per heavy atom. The predicted molar refractivity (Wildman–Crippen MR) is 84.2 cm³/mol. The van der Waals surface area contributed by atoms with Crippen molar-refractivity contribution >= 4 is 27.2 Å². The molecule has 0 aliphatic heterocycles. The number of para-hydroxylation sites is 2. The highest BCUT2D eigenvalue weighted by Gasteiger charge is 2.19. The van der Waals surface area contributed by atoms with Crippen molar-refractivity contribution in [2.75, 3.05) is 29.5 Å². The second-order valence-corrected chi connectivity index (χ2v) is 7.78. The molecule has 0 unspecified atom stereocenters. The highest BCUT2D eigenvalue weighted by atomic mass is 32.2. The molecule has 0 amide bonds. The van der Waals surface area contributed by atoms with Crippen molar-refractivity contribution in [1.82, 2.24) is 0 Å². The number of nitrogens with zero attached hydrogens (tertiary/aromatic N) is 1. The number of rotatable bonds is 8. The Morgan fingerprint density at radius 2 is 1.90 bits per heavy atom. The third-order valence-electron chi connectivity index (χ3n) is 3.24. The van der Waals surface area contributed by atoms with Gasteiger partial charge in [-0.1, -0.05) is 12.1 Å². The molecular formula is C14H22N2O4S. The summed E-state index contributed by atoms with van der Waals surface area (Å²) in [6.45, 7) is 3.71. The largest absolute Gasteiger partial charge is 0.481 e. The first-order valence-electron chi connectivity index (χ1n) is 6.77. The fourth-order valence-corrected chi connectivity index (χ4v) is 2.78. The molecular weight excluding hydrogens is 292 g/mol. The van der Waals surface area contributed by atoms with E-state index in [4.69, 9.17) is 10.8 Å². The van der Waals surface area contributed by atoms with Crippen LogP contribution < -0.4 is 10.6 Å². The van der Waals surface area contributed by atoms with Gasteiger partial charge in [0.25, 0.3) is 0 Å². The van der Waals surface area contributed by atoms with Crippen molar-refractivity contribution in [3.63, 3.8) is 0 Å². The molecule has 1 rings (SSSR count). The molecule has 0 fully saturated rings. The highest BCUT2D eigenvalue weighted by molar-refractivity contribution is 7.92. The fraction of sp³-hybridized carbons (Fsp3) is 0.500. The fourth-order valence-electron chi connectivity index (χ4n) is 1.83. The number of aliphatic carboxylic acids is 1. The van der Waals surface area contributed by atoms with E-state index in [1.54, 1.807) is 43.0 Å². The first-order valence-corrected chi connectivity index (χ1v) is 8.48. The molecule has 118 valence electrons. The minimum absolute atomic E-state index is 0.0291. The van der Waals surface area contributed by atoms with E-state index in [1.807, 2.05) is 0 Å². The lowest BCUT2D eigenvalue weighted by Crippen LogP contribution is -2.33. The highest BCUT2D eigenvalue weighted by Crippen LogP contribution is 2.22. The molecule has 0 saturated heterocycles. The molecule has 0 spiro atoms. The summed E-state index contributed by atoms with van der Waals surface area (Å²) in [5.74, 6) is -0.959. The molecule has 6 nitrogen and oxygen atoms in total. The van der Waals surface area contributed by atoms with Gasteiger partial charge in [0, 0.05) is 13.1 Å². The zero-order valence-electron chi connectivity index (χ0n) is 12.3. The zero-order chi connectivity index (χ0) is 16.0. The quantitative estimate of drug-likeness (QED) is 0.703. The van der Waals surface area contributed by atoms with Crippen LogP contribution in [0.2, 0.25) is 0 Å². The molecule has 7 heteroatoms. The number of carbonyl (C=O) groups is 1. The lowest BCUT2D eigenvalue weighted by Gasteiger charge is -2.26. The van der Waals surface area contributed by atoms with Gasteiger partial charge in [0.2, 0.25) is 0 Å². The first kappa shape index (κ1) is 17.3. The van der Waals surface area contributed by atoms with Gasteiger partial charge in [-0.25, -0.2) is 8.42 Å². The predicted octanol–water partition coefficient (Wildman–Crippen LogP) is 1.37. The van der Waals surface area contributed by atoms with E-state index < -0.39 is 21.1 Å². The molecule has 0 radical (unpaired) electrons. The van der Waals surface area contributed by atoms with Gasteiger partial charge in [-0.2, -0.15) is 0 Å². The minimum atomic E-state index is -3.18. The summed E-state index contributed by atoms with van der Waals surface area (Å²) < 4.78 is 23.8. The van der Waals surface area contributed by atoms with E-state index in [9.17, 15) is 13.2 Å². The Morgan fingerprint density at radius 1 is 1.29 bits per heavy atom. The van der Waals surface area contributed by atoms with Crippen LogP contribution in [0.1, 0.15) is 20.3 Å². The van der Waals surface area contributed by atoms with Crippen LogP contribution in [0, 0.1) is 0 Å². The molecule has 0 saturated carbocycles. The summed E-state index contributed by atoms with van der Waals surface area (Å²) >= 11 is 0. The van der Waals surface area contributed by atoms with Gasteiger partial charge in [0.05, 0.1) is 28.8 Å². The van der Waals surface area contributed by atoms with E-state index >= 15 is 0 Å². The van der Waals surface area contributed by atoms with Crippen molar-refractivity contribution in [2.45, 2.75) is 25.5 Å². The number of hydrogen-bond donors (Lipinski definition) is 2. The molecule has 0 bridgehead atoms. The Bertz CT molecular complexity index is 584. The number of nitrogens with two attached hydrogens (primary N) is 1. The molecule has 0 atom stereocenters. The molecule has 1 aromatic rings. The van der Waals surface area contributed by atoms with E-state index in [2.05, 4.69) is 0 Å². The molecule has 3 N–H and O–H groups in total. The molecule has 21 heavy (non-hydrogen) atoms. The van der Waals surface area contributed by atoms with Crippen molar-refractivity contribution in [3.05, 3.63) is 24.3 Å². The Kier molecular flexibility index (Phi) is 6.02. The van der Waals surface area contributed by atoms with Crippen LogP contribution in [0.3, 0.4) is 0 Å². The minimum Gasteiger partial charge on any atom is -0.481 e. The van der Waals surface area contributed by atoms with Gasteiger partial charge in [-0.05, 0) is 26.0 Å². The van der Waals surface area contributed by atoms with Gasteiger partial charge < -0.3 is 15.7 Å². The van der Waals surface area contributed by atoms with Crippen LogP contribution in [0.4, 0.5) is 11.4 Å². The monoisotopic (exact) mass is 314 g/mol. The average Bonchev–Trinajstić information content (AvgIpc) is 2.39. The topological polar surface area (TPSA) is 101 Å². The molecule has 0 aromatic heterocycles. The first-order chi connectivity index (χ1) is 9.74. The lowest BCUT2D eigenvalue weighted by molar-refractivity contribution is -0.136. The maximum atomic E-state index is 11.9. The normalized spacial score (nSPS) is 11.6. The smallest absolute Gasteiger partial charge is 0.305 e. The second-order valence-electron chi connectivity index (χ2n) is 5.11. The molecule has 0 aliphatic rings. The van der Waals surface area contributed by atoms with Crippen LogP contribution in [-0.2, 0) is 14.6 Å². The third kappa shape index (κ3) is 5.26. The van der Waals surface area contributed by atoms with E-state index in [1.165, 1.54) is 0 Å². The Balaban J connectivity index is 2.88. The van der Waals surface area contributed by atoms with Crippen molar-refractivity contribution in [1.29, 1.82) is 0 Å². The van der Waals surface area contributed by atoms with Crippen molar-refractivity contribution in [3.8, 4) is 0 Å². The SMILES string of the molecule is CC(C)S(=O)(=O)CCN(CCC(=O)O)c1ccccc1N. The maximum absolute atomic E-state index is 11.9. The van der Waals surface area contributed by atoms with Crippen molar-refractivity contribution < 1.29 is 18.3 Å². The average molecular weight is 314 g/mol. The van der Waals surface area contributed by atoms with E-state index in [0.717, 1.165) is 0 Å². The van der Waals surface area contributed by atoms with Gasteiger partial charge >= 0.3 is 5.97 Å². The summed E-state index contributed by atoms with van der Waals surface area (Å²) in [7, 11) is -3.18. The van der Waals surface area contributed by atoms with Gasteiger partial charge in [0.1, 0.15) is 0 Å². The summed E-state index contributed by atoms with van der Waals surface area (Å²) in [6, 6.07) is 7.04. The molecule has 0 heterocycles. The Labute approximate surface area is 125 Å². The summed E-state index contributed by atoms with van der Waals surface area (Å²) in [6.07, 6.45) is -0.0734. The molecule has 1 aromatic carbocycles. The number of nitrogen functional groups attached to an aromatic ring is 1. The van der Waals surface area contributed by atoms with E-state index in [-0.39, 0.29) is 25.3 Å². The standard InChI is InChI=1S/C14H22N2O4S/c1-11(2)21(19,20)10-9-16(8-7-14(17)18)13-6-4-3-5-12(13)15/h3-6,11H,7-10,15H2,1-2H3,(H,17,18). The summed E-state index contributed by atoms with van der Waals surface area (Å²) in [5, 5.41) is 8.37. The summed E-state index contributed by atoms with van der Waals surface area (Å²) in [4.78, 5) is 12.5. The van der Waals surface area contributed by atoms with Gasteiger partial charge in [0.15, 0.2) is 9.84 Å². The lowest BCUT2D eigenvalue weighted by atomic mass is 10.2. The second kappa shape index (κ2) is 7.31. The van der Waals surface area contributed by atoms with Crippen LogP contribution >= 0.6 is 0 Å². The number of carboxylic acids is 1. The number of hydrogen-bond acceptors (Lipinski definition) is 5. The zero-order valence-corrected chi connectivity index (χ0v) is 13.1. The molecule has 0 aliphatic carbocycles. The van der Waals surface area contributed by atoms with Gasteiger partial charge in [-0.3, -0.25) is 4.79 Å². The number of sulfone groups is 1. The van der Waals surface area contributed by atoms with E-state index in [0.29, 0.717) is 11.4 Å². The number of anilines is 2. The van der Waals surface area contributed by atoms with Crippen molar-refractivity contribution in [2.24, 2.45) is 0 Å². The van der Waals surface area contributed by atoms with Gasteiger partial charge in [-0.15, -0.1) is 0 Å².